The van der Waals surface area contributed by atoms with Gasteiger partial charge in [-0.05, 0) is 25.1 Å². The molecule has 2 aliphatic rings. The summed E-state index contributed by atoms with van der Waals surface area (Å²) in [6.07, 6.45) is 0. The largest absolute Gasteiger partial charge is 0.465 e. The highest BCUT2D eigenvalue weighted by atomic mass is 79.9. The second-order valence-corrected chi connectivity index (χ2v) is 6.06. The van der Waals surface area contributed by atoms with Gasteiger partial charge >= 0.3 is 5.97 Å². The van der Waals surface area contributed by atoms with Gasteiger partial charge in [0, 0.05) is 4.47 Å². The molecule has 1 unspecified atom stereocenters. The molecule has 3 rings (SSSR count). The first-order valence-electron chi connectivity index (χ1n) is 6.71. The summed E-state index contributed by atoms with van der Waals surface area (Å²) in [6.45, 7) is 1.71. The number of rotatable bonds is 3. The summed E-state index contributed by atoms with van der Waals surface area (Å²) >= 11 is 3.28. The Morgan fingerprint density at radius 1 is 1.41 bits per heavy atom. The van der Waals surface area contributed by atoms with E-state index in [0.717, 1.165) is 9.37 Å². The van der Waals surface area contributed by atoms with E-state index in [2.05, 4.69) is 15.9 Å². The van der Waals surface area contributed by atoms with Gasteiger partial charge in [-0.3, -0.25) is 14.4 Å². The summed E-state index contributed by atoms with van der Waals surface area (Å²) < 4.78 is 5.59. The zero-order valence-electron chi connectivity index (χ0n) is 11.6. The normalized spacial score (nSPS) is 29.0. The Kier molecular flexibility index (Phi) is 3.29. The van der Waals surface area contributed by atoms with Gasteiger partial charge in [-0.25, -0.2) is 4.90 Å². The van der Waals surface area contributed by atoms with E-state index in [9.17, 15) is 19.6 Å². The first-order valence-corrected chi connectivity index (χ1v) is 7.50. The molecule has 1 aromatic carbocycles. The van der Waals surface area contributed by atoms with E-state index in [1.807, 2.05) is 6.07 Å². The van der Waals surface area contributed by atoms with Crippen LogP contribution in [0.4, 0.5) is 5.69 Å². The molecule has 1 saturated carbocycles. The SMILES string of the molecule is CCOC(=O)C1(C#N)[C@@H]2C(=O)N(c3cccc(Br)c3)C(=O)[C@@H]21. The number of nitrogens with zero attached hydrogens (tertiary/aromatic N) is 2. The second kappa shape index (κ2) is 4.92. The molecule has 112 valence electrons. The van der Waals surface area contributed by atoms with Crippen LogP contribution in [0.2, 0.25) is 0 Å². The van der Waals surface area contributed by atoms with Crippen LogP contribution in [-0.4, -0.2) is 24.4 Å². The van der Waals surface area contributed by atoms with E-state index in [1.54, 1.807) is 31.2 Å². The van der Waals surface area contributed by atoms with Crippen LogP contribution in [0.5, 0.6) is 0 Å². The van der Waals surface area contributed by atoms with Crippen molar-refractivity contribution in [1.29, 1.82) is 5.26 Å². The Balaban J connectivity index is 1.94. The number of fused-ring (bicyclic) bond motifs is 1. The Hall–Kier alpha value is -2.20. The molecule has 3 atom stereocenters. The van der Waals surface area contributed by atoms with Gasteiger partial charge in [-0.2, -0.15) is 5.26 Å². The first-order chi connectivity index (χ1) is 10.5. The van der Waals surface area contributed by atoms with Crippen molar-refractivity contribution in [3.05, 3.63) is 28.7 Å². The maximum absolute atomic E-state index is 12.5. The predicted molar refractivity (Wildman–Crippen MR) is 78.3 cm³/mol. The Bertz CT molecular complexity index is 717. The fraction of sp³-hybridized carbons (Fsp3) is 0.333. The molecule has 6 nitrogen and oxygen atoms in total. The van der Waals surface area contributed by atoms with Crippen LogP contribution < -0.4 is 4.90 Å². The number of carbonyl (C=O) groups excluding carboxylic acids is 3. The monoisotopic (exact) mass is 362 g/mol. The van der Waals surface area contributed by atoms with Crippen LogP contribution in [-0.2, 0) is 19.1 Å². The number of carbonyl (C=O) groups is 3. The van der Waals surface area contributed by atoms with Gasteiger partial charge < -0.3 is 4.74 Å². The van der Waals surface area contributed by atoms with Crippen LogP contribution in [0.15, 0.2) is 28.7 Å². The predicted octanol–water partition coefficient (Wildman–Crippen LogP) is 1.64. The summed E-state index contributed by atoms with van der Waals surface area (Å²) in [4.78, 5) is 38.0. The number of piperidine rings is 1. The zero-order valence-corrected chi connectivity index (χ0v) is 13.2. The van der Waals surface area contributed by atoms with Gasteiger partial charge in [-0.1, -0.05) is 22.0 Å². The second-order valence-electron chi connectivity index (χ2n) is 5.15. The number of imide groups is 1. The van der Waals surface area contributed by atoms with Crippen molar-refractivity contribution >= 4 is 39.4 Å². The van der Waals surface area contributed by atoms with Crippen molar-refractivity contribution in [3.8, 4) is 6.07 Å². The number of hydrogen-bond donors (Lipinski definition) is 0. The minimum absolute atomic E-state index is 0.0967. The van der Waals surface area contributed by atoms with Crippen LogP contribution >= 0.6 is 15.9 Å². The third kappa shape index (κ3) is 1.74. The molecule has 0 bridgehead atoms. The van der Waals surface area contributed by atoms with Gasteiger partial charge in [0.15, 0.2) is 5.41 Å². The fourth-order valence-corrected chi connectivity index (χ4v) is 3.40. The number of hydrogen-bond acceptors (Lipinski definition) is 5. The molecule has 1 aliphatic heterocycles. The summed E-state index contributed by atoms with van der Waals surface area (Å²) in [5, 5.41) is 9.31. The highest BCUT2D eigenvalue weighted by molar-refractivity contribution is 9.10. The number of anilines is 1. The molecule has 0 aromatic heterocycles. The van der Waals surface area contributed by atoms with Gasteiger partial charge in [0.2, 0.25) is 11.8 Å². The topological polar surface area (TPSA) is 87.5 Å². The third-order valence-electron chi connectivity index (χ3n) is 4.04. The highest BCUT2D eigenvalue weighted by Crippen LogP contribution is 2.64. The lowest BCUT2D eigenvalue weighted by Gasteiger charge is -2.20. The smallest absolute Gasteiger partial charge is 0.328 e. The molecule has 1 heterocycles. The number of amides is 2. The quantitative estimate of drug-likeness (QED) is 0.602. The molecular formula is C15H11BrN2O4. The van der Waals surface area contributed by atoms with E-state index < -0.39 is 35.0 Å². The van der Waals surface area contributed by atoms with Gasteiger partial charge in [0.1, 0.15) is 0 Å². The number of esters is 1. The van der Waals surface area contributed by atoms with Crippen molar-refractivity contribution < 1.29 is 19.1 Å². The third-order valence-corrected chi connectivity index (χ3v) is 4.54. The molecule has 0 N–H and O–H groups in total. The highest BCUT2D eigenvalue weighted by Gasteiger charge is 2.83. The molecule has 0 radical (unpaired) electrons. The van der Waals surface area contributed by atoms with Crippen LogP contribution in [0.3, 0.4) is 0 Å². The summed E-state index contributed by atoms with van der Waals surface area (Å²) in [7, 11) is 0. The molecule has 7 heteroatoms. The lowest BCUT2D eigenvalue weighted by Crippen LogP contribution is -2.40. The van der Waals surface area contributed by atoms with Crippen molar-refractivity contribution in [2.45, 2.75) is 6.92 Å². The molecular weight excluding hydrogens is 352 g/mol. The number of nitriles is 1. The van der Waals surface area contributed by atoms with E-state index >= 15 is 0 Å². The molecule has 2 amide bonds. The van der Waals surface area contributed by atoms with E-state index in [4.69, 9.17) is 4.74 Å². The van der Waals surface area contributed by atoms with E-state index in [1.165, 1.54) is 0 Å². The van der Waals surface area contributed by atoms with Crippen LogP contribution in [0, 0.1) is 28.6 Å². The zero-order chi connectivity index (χ0) is 16.1. The Morgan fingerprint density at radius 3 is 2.55 bits per heavy atom. The number of halogens is 1. The standard InChI is InChI=1S/C15H11BrN2O4/c1-2-22-14(21)15(7-17)10-11(15)13(20)18(12(10)19)9-5-3-4-8(16)6-9/h3-6,10-11H,2H2,1H3/t10-,11+,15?. The maximum Gasteiger partial charge on any atom is 0.328 e. The van der Waals surface area contributed by atoms with Gasteiger partial charge in [-0.15, -0.1) is 0 Å². The van der Waals surface area contributed by atoms with E-state index in [-0.39, 0.29) is 6.61 Å². The van der Waals surface area contributed by atoms with E-state index in [0.29, 0.717) is 5.69 Å². The first kappa shape index (κ1) is 14.7. The molecule has 22 heavy (non-hydrogen) atoms. The van der Waals surface area contributed by atoms with Crippen molar-refractivity contribution in [2.75, 3.05) is 11.5 Å². The average molecular weight is 363 g/mol. The van der Waals surface area contributed by atoms with Crippen LogP contribution in [0.25, 0.3) is 0 Å². The Labute approximate surface area is 134 Å². The molecule has 1 aliphatic carbocycles. The fourth-order valence-electron chi connectivity index (χ4n) is 3.01. The van der Waals surface area contributed by atoms with Crippen molar-refractivity contribution in [2.24, 2.45) is 17.3 Å². The Morgan fingerprint density at radius 2 is 2.05 bits per heavy atom. The number of ether oxygens (including phenoxy) is 1. The average Bonchev–Trinajstić information content (AvgIpc) is 3.10. The lowest BCUT2D eigenvalue weighted by atomic mass is 10.0. The summed E-state index contributed by atoms with van der Waals surface area (Å²) in [6, 6.07) is 8.57. The van der Waals surface area contributed by atoms with Crippen molar-refractivity contribution in [1.82, 2.24) is 0 Å². The molecule has 2 fully saturated rings. The van der Waals surface area contributed by atoms with Gasteiger partial charge in [0.25, 0.3) is 0 Å². The van der Waals surface area contributed by atoms with Gasteiger partial charge in [0.05, 0.1) is 30.2 Å². The summed E-state index contributed by atoms with van der Waals surface area (Å²) in [5.41, 5.74) is -1.22. The lowest BCUT2D eigenvalue weighted by molar-refractivity contribution is -0.150. The minimum Gasteiger partial charge on any atom is -0.465 e. The minimum atomic E-state index is -1.65. The molecule has 0 spiro atoms. The molecule has 1 aromatic rings. The summed E-state index contributed by atoms with van der Waals surface area (Å²) in [5.74, 6) is -3.72. The number of benzene rings is 1. The maximum atomic E-state index is 12.5. The van der Waals surface area contributed by atoms with Crippen LogP contribution in [0.1, 0.15) is 6.92 Å². The van der Waals surface area contributed by atoms with Crippen molar-refractivity contribution in [3.63, 3.8) is 0 Å². The molecule has 1 saturated heterocycles.